The van der Waals surface area contributed by atoms with Gasteiger partial charge in [0.05, 0.1) is 4.90 Å². The van der Waals surface area contributed by atoms with E-state index >= 15 is 0 Å². The maximum absolute atomic E-state index is 13.3. The van der Waals surface area contributed by atoms with E-state index in [1.807, 2.05) is 18.2 Å². The zero-order valence-electron chi connectivity index (χ0n) is 21.6. The molecule has 192 valence electrons. The Bertz CT molecular complexity index is 1580. The van der Waals surface area contributed by atoms with Crippen LogP contribution in [0.25, 0.3) is 10.9 Å². The predicted octanol–water partition coefficient (Wildman–Crippen LogP) is 6.32. The van der Waals surface area contributed by atoms with Gasteiger partial charge in [-0.15, -0.1) is 29.0 Å². The minimum absolute atomic E-state index is 0. The SMILES string of the molecule is O=C(c1ccccc1)c1[c-]c2ccccc2n1S(=O)(=O)c1ccccc1.[CH2-]C(C)(C)c1ccccc1.[Cu+2].[Li]. The van der Waals surface area contributed by atoms with Gasteiger partial charge in [0.25, 0.3) is 10.0 Å². The van der Waals surface area contributed by atoms with Crippen molar-refractivity contribution in [1.29, 1.82) is 0 Å². The first-order valence-corrected chi connectivity index (χ1v) is 13.0. The van der Waals surface area contributed by atoms with Crippen LogP contribution in [0, 0.1) is 13.0 Å². The Morgan fingerprint density at radius 1 is 0.763 bits per heavy atom. The Morgan fingerprint density at radius 3 is 1.76 bits per heavy atom. The fourth-order valence-corrected chi connectivity index (χ4v) is 5.27. The van der Waals surface area contributed by atoms with E-state index in [-0.39, 0.29) is 57.7 Å². The molecule has 0 spiro atoms. The second kappa shape index (κ2) is 13.3. The van der Waals surface area contributed by atoms with Gasteiger partial charge >= 0.3 is 17.1 Å². The van der Waals surface area contributed by atoms with Crippen LogP contribution in [0.2, 0.25) is 0 Å². The van der Waals surface area contributed by atoms with Gasteiger partial charge in [0.2, 0.25) is 0 Å². The molecule has 0 saturated carbocycles. The van der Waals surface area contributed by atoms with Crippen LogP contribution in [-0.4, -0.2) is 37.0 Å². The number of carbonyl (C=O) groups is 1. The monoisotopic (exact) mass is 563 g/mol. The number of aromatic nitrogens is 1. The Labute approximate surface area is 247 Å². The van der Waals surface area contributed by atoms with Crippen molar-refractivity contribution in [2.45, 2.75) is 24.2 Å². The standard InChI is InChI=1S/C21H14NO3S.C10H13.Cu.Li/c23-21(16-9-3-1-4-10-16)20-15-17-11-7-8-14-19(17)22(20)26(24,25)18-12-5-2-6-13-18;1-10(2,3)9-7-5-4-6-8-9;;/h1-14H;4-8H,1H2,2-3H3;;/q2*-1;+2;. The van der Waals surface area contributed by atoms with Gasteiger partial charge in [0.15, 0.2) is 0 Å². The predicted molar refractivity (Wildman–Crippen MR) is 150 cm³/mol. The molecule has 2 radical (unpaired) electrons. The second-order valence-corrected chi connectivity index (χ2v) is 10.8. The average Bonchev–Trinajstić information content (AvgIpc) is 3.30. The van der Waals surface area contributed by atoms with E-state index in [2.05, 4.69) is 39.0 Å². The quantitative estimate of drug-likeness (QED) is 0.143. The molecule has 0 amide bonds. The van der Waals surface area contributed by atoms with Gasteiger partial charge < -0.3 is 11.7 Å². The van der Waals surface area contributed by atoms with Crippen LogP contribution in [0.5, 0.6) is 0 Å². The molecule has 0 aliphatic carbocycles. The van der Waals surface area contributed by atoms with Gasteiger partial charge in [-0.1, -0.05) is 110 Å². The summed E-state index contributed by atoms with van der Waals surface area (Å²) in [6.45, 7) is 8.27. The number of hydrogen-bond acceptors (Lipinski definition) is 3. The van der Waals surface area contributed by atoms with Crippen molar-refractivity contribution >= 4 is 45.6 Å². The molecule has 5 aromatic rings. The average molecular weight is 564 g/mol. The van der Waals surface area contributed by atoms with Crippen LogP contribution < -0.4 is 0 Å². The summed E-state index contributed by atoms with van der Waals surface area (Å²) in [5.74, 6) is -0.388. The first-order valence-electron chi connectivity index (χ1n) is 11.5. The van der Waals surface area contributed by atoms with Crippen molar-refractivity contribution in [3.8, 4) is 0 Å². The minimum Gasteiger partial charge on any atom is -0.344 e. The zero-order valence-corrected chi connectivity index (χ0v) is 23.3. The number of carbonyl (C=O) groups excluding carboxylic acids is 1. The molecular formula is C31H27CuLiNO3S. The van der Waals surface area contributed by atoms with Crippen molar-refractivity contribution in [2.24, 2.45) is 0 Å². The number of para-hydroxylation sites is 1. The summed E-state index contributed by atoms with van der Waals surface area (Å²) < 4.78 is 27.6. The molecule has 4 aromatic carbocycles. The molecule has 0 aliphatic heterocycles. The summed E-state index contributed by atoms with van der Waals surface area (Å²) in [4.78, 5) is 13.1. The van der Waals surface area contributed by atoms with Crippen molar-refractivity contribution in [3.63, 3.8) is 0 Å². The van der Waals surface area contributed by atoms with Crippen LogP contribution in [0.3, 0.4) is 0 Å². The molecule has 0 unspecified atom stereocenters. The fourth-order valence-electron chi connectivity index (χ4n) is 3.77. The number of fused-ring (bicyclic) bond motifs is 1. The smallest absolute Gasteiger partial charge is 0.344 e. The molecule has 0 fully saturated rings. The Morgan fingerprint density at radius 2 is 1.24 bits per heavy atom. The van der Waals surface area contributed by atoms with Gasteiger partial charge in [-0.25, -0.2) is 8.42 Å². The number of benzene rings is 4. The Balaban J connectivity index is 0.000000361. The maximum atomic E-state index is 13.3. The van der Waals surface area contributed by atoms with E-state index in [0.717, 1.165) is 3.97 Å². The molecule has 0 aliphatic rings. The number of nitrogens with zero attached hydrogens (tertiary/aromatic N) is 1. The second-order valence-electron chi connectivity index (χ2n) is 9.02. The van der Waals surface area contributed by atoms with E-state index < -0.39 is 10.0 Å². The number of hydrogen-bond donors (Lipinski definition) is 0. The van der Waals surface area contributed by atoms with Crippen LogP contribution in [0.1, 0.15) is 35.5 Å². The third-order valence-corrected chi connectivity index (χ3v) is 7.39. The van der Waals surface area contributed by atoms with E-state index in [0.29, 0.717) is 16.5 Å². The van der Waals surface area contributed by atoms with Crippen LogP contribution in [0.15, 0.2) is 120 Å². The number of ketones is 1. The summed E-state index contributed by atoms with van der Waals surface area (Å²) >= 11 is 0. The number of rotatable bonds is 5. The van der Waals surface area contributed by atoms with E-state index in [4.69, 9.17) is 0 Å². The molecule has 1 aromatic heterocycles. The van der Waals surface area contributed by atoms with Gasteiger partial charge in [-0.05, 0) is 23.2 Å². The molecule has 0 atom stereocenters. The Hall–Kier alpha value is -2.84. The van der Waals surface area contributed by atoms with Gasteiger partial charge in [-0.3, -0.25) is 3.97 Å². The van der Waals surface area contributed by atoms with Crippen LogP contribution >= 0.6 is 0 Å². The topological polar surface area (TPSA) is 56.1 Å². The molecule has 1 heterocycles. The summed E-state index contributed by atoms with van der Waals surface area (Å²) in [6, 6.07) is 36.9. The Kier molecular flexibility index (Phi) is 11.0. The van der Waals surface area contributed by atoms with Crippen molar-refractivity contribution in [1.82, 2.24) is 3.97 Å². The summed E-state index contributed by atoms with van der Waals surface area (Å²) in [5.41, 5.74) is 2.17. The minimum atomic E-state index is -3.94. The van der Waals surface area contributed by atoms with E-state index in [1.54, 1.807) is 72.8 Å². The molecule has 38 heavy (non-hydrogen) atoms. The van der Waals surface area contributed by atoms with Gasteiger partial charge in [0.1, 0.15) is 5.78 Å². The van der Waals surface area contributed by atoms with E-state index in [9.17, 15) is 13.2 Å². The third-order valence-electron chi connectivity index (χ3n) is 5.67. The van der Waals surface area contributed by atoms with Crippen LogP contribution in [-0.2, 0) is 32.5 Å². The molecular weight excluding hydrogens is 537 g/mol. The first-order chi connectivity index (χ1) is 17.2. The molecule has 0 saturated heterocycles. The third kappa shape index (κ3) is 6.97. The van der Waals surface area contributed by atoms with Gasteiger partial charge in [0, 0.05) is 24.6 Å². The van der Waals surface area contributed by atoms with Crippen LogP contribution in [0.4, 0.5) is 0 Å². The normalized spacial score (nSPS) is 10.9. The molecule has 4 nitrogen and oxygen atoms in total. The van der Waals surface area contributed by atoms with Crippen molar-refractivity contribution in [2.75, 3.05) is 0 Å². The first kappa shape index (κ1) is 31.4. The largest absolute Gasteiger partial charge is 2.00 e. The zero-order chi connectivity index (χ0) is 25.8. The summed E-state index contributed by atoms with van der Waals surface area (Å²) in [7, 11) is -3.94. The van der Waals surface area contributed by atoms with Crippen molar-refractivity contribution in [3.05, 3.63) is 145 Å². The molecule has 7 heteroatoms. The van der Waals surface area contributed by atoms with Gasteiger partial charge in [-0.2, -0.15) is 0 Å². The van der Waals surface area contributed by atoms with E-state index in [1.165, 1.54) is 17.7 Å². The molecule has 5 rings (SSSR count). The van der Waals surface area contributed by atoms with Crippen molar-refractivity contribution < 1.29 is 30.3 Å². The fraction of sp³-hybridized carbons (Fsp3) is 0.0968. The molecule has 0 N–H and O–H groups in total. The maximum Gasteiger partial charge on any atom is 2.00 e. The molecule has 0 bridgehead atoms. The summed E-state index contributed by atoms with van der Waals surface area (Å²) in [5, 5.41) is 0.575. The summed E-state index contributed by atoms with van der Waals surface area (Å²) in [6.07, 6.45) is 0.